The van der Waals surface area contributed by atoms with Gasteiger partial charge in [0.2, 0.25) is 5.91 Å². The van der Waals surface area contributed by atoms with Crippen molar-refractivity contribution in [2.45, 2.75) is 44.2 Å². The molecule has 22 heavy (non-hydrogen) atoms. The lowest BCUT2D eigenvalue weighted by Crippen LogP contribution is -2.39. The molecule has 1 saturated carbocycles. The van der Waals surface area contributed by atoms with E-state index in [9.17, 15) is 9.59 Å². The number of urea groups is 1. The van der Waals surface area contributed by atoms with E-state index in [0.29, 0.717) is 17.3 Å². The normalized spacial score (nSPS) is 22.5. The number of benzene rings is 1. The van der Waals surface area contributed by atoms with E-state index < -0.39 is 6.04 Å². The lowest BCUT2D eigenvalue weighted by Gasteiger charge is -2.30. The fourth-order valence-corrected chi connectivity index (χ4v) is 3.38. The number of anilines is 1. The molecule has 1 saturated heterocycles. The lowest BCUT2D eigenvalue weighted by atomic mass is 9.94. The summed E-state index contributed by atoms with van der Waals surface area (Å²) in [4.78, 5) is 26.3. The summed E-state index contributed by atoms with van der Waals surface area (Å²) in [5, 5.41) is 6.05. The van der Waals surface area contributed by atoms with Gasteiger partial charge < -0.3 is 15.5 Å². The van der Waals surface area contributed by atoms with Crippen LogP contribution in [0.3, 0.4) is 0 Å². The molecule has 1 heterocycles. The third kappa shape index (κ3) is 3.19. The van der Waals surface area contributed by atoms with E-state index in [4.69, 9.17) is 11.6 Å². The van der Waals surface area contributed by atoms with Gasteiger partial charge in [-0.3, -0.25) is 4.79 Å². The largest absolute Gasteiger partial charge is 0.324 e. The maximum atomic E-state index is 12.3. The summed E-state index contributed by atoms with van der Waals surface area (Å²) in [6, 6.07) is 6.70. The van der Waals surface area contributed by atoms with Crippen molar-refractivity contribution in [2.75, 3.05) is 11.9 Å². The van der Waals surface area contributed by atoms with Crippen LogP contribution in [0.15, 0.2) is 24.3 Å². The molecule has 6 heteroatoms. The zero-order valence-electron chi connectivity index (χ0n) is 12.3. The molecule has 1 aliphatic heterocycles. The monoisotopic (exact) mass is 321 g/mol. The Hall–Kier alpha value is -1.75. The number of hydrogen-bond donors (Lipinski definition) is 2. The Balaban J connectivity index is 1.62. The zero-order chi connectivity index (χ0) is 15.5. The number of para-hydroxylation sites is 1. The maximum absolute atomic E-state index is 12.3. The summed E-state index contributed by atoms with van der Waals surface area (Å²) < 4.78 is 0. The molecule has 3 rings (SSSR count). The topological polar surface area (TPSA) is 61.4 Å². The predicted molar refractivity (Wildman–Crippen MR) is 86.0 cm³/mol. The van der Waals surface area contributed by atoms with Crippen molar-refractivity contribution in [1.82, 2.24) is 10.2 Å². The highest BCUT2D eigenvalue weighted by Gasteiger charge is 2.37. The summed E-state index contributed by atoms with van der Waals surface area (Å²) in [6.45, 7) is 0.430. The molecule has 2 fully saturated rings. The molecule has 1 atom stereocenters. The van der Waals surface area contributed by atoms with Gasteiger partial charge in [0.15, 0.2) is 0 Å². The van der Waals surface area contributed by atoms with Crippen molar-refractivity contribution in [2.24, 2.45) is 0 Å². The van der Waals surface area contributed by atoms with Crippen molar-refractivity contribution in [1.29, 1.82) is 0 Å². The van der Waals surface area contributed by atoms with Crippen molar-refractivity contribution in [3.63, 3.8) is 0 Å². The fourth-order valence-electron chi connectivity index (χ4n) is 3.20. The van der Waals surface area contributed by atoms with Crippen molar-refractivity contribution < 1.29 is 9.59 Å². The van der Waals surface area contributed by atoms with Crippen LogP contribution in [0.5, 0.6) is 0 Å². The van der Waals surface area contributed by atoms with E-state index >= 15 is 0 Å². The second-order valence-corrected chi connectivity index (χ2v) is 6.32. The highest BCUT2D eigenvalue weighted by Crippen LogP contribution is 2.25. The van der Waals surface area contributed by atoms with Gasteiger partial charge in [0.05, 0.1) is 17.3 Å². The molecule has 5 nitrogen and oxygen atoms in total. The van der Waals surface area contributed by atoms with E-state index in [-0.39, 0.29) is 18.0 Å². The molecular formula is C16H20ClN3O2. The second kappa shape index (κ2) is 6.57. The second-order valence-electron chi connectivity index (χ2n) is 5.92. The Kier molecular flexibility index (Phi) is 4.52. The van der Waals surface area contributed by atoms with Crippen LogP contribution in [0.25, 0.3) is 0 Å². The van der Waals surface area contributed by atoms with Crippen LogP contribution in [-0.4, -0.2) is 35.5 Å². The summed E-state index contributed by atoms with van der Waals surface area (Å²) in [6.07, 6.45) is 5.62. The van der Waals surface area contributed by atoms with Gasteiger partial charge >= 0.3 is 6.03 Å². The van der Waals surface area contributed by atoms with E-state index in [0.717, 1.165) is 25.7 Å². The minimum absolute atomic E-state index is 0.133. The van der Waals surface area contributed by atoms with Crippen molar-refractivity contribution in [3.05, 3.63) is 29.3 Å². The van der Waals surface area contributed by atoms with Crippen molar-refractivity contribution in [3.8, 4) is 0 Å². The molecule has 3 amide bonds. The van der Waals surface area contributed by atoms with Gasteiger partial charge in [-0.05, 0) is 25.0 Å². The first kappa shape index (κ1) is 15.2. The Morgan fingerprint density at radius 1 is 1.23 bits per heavy atom. The molecule has 0 radical (unpaired) electrons. The van der Waals surface area contributed by atoms with Crippen LogP contribution < -0.4 is 10.6 Å². The van der Waals surface area contributed by atoms with Crippen LogP contribution in [0.2, 0.25) is 5.02 Å². The van der Waals surface area contributed by atoms with Crippen LogP contribution in [0.1, 0.15) is 32.1 Å². The van der Waals surface area contributed by atoms with Crippen LogP contribution in [-0.2, 0) is 4.79 Å². The molecule has 0 spiro atoms. The molecule has 2 aliphatic rings. The number of amides is 3. The van der Waals surface area contributed by atoms with Gasteiger partial charge in [-0.15, -0.1) is 0 Å². The fraction of sp³-hybridized carbons (Fsp3) is 0.500. The van der Waals surface area contributed by atoms with E-state index in [1.807, 2.05) is 11.0 Å². The lowest BCUT2D eigenvalue weighted by molar-refractivity contribution is -0.117. The SMILES string of the molecule is O=C(Nc1ccccc1Cl)C1CN(C2CCCCC2)C(=O)N1. The summed E-state index contributed by atoms with van der Waals surface area (Å²) in [7, 11) is 0. The standard InChI is InChI=1S/C16H20ClN3O2/c17-12-8-4-5-9-13(12)18-15(21)14-10-20(16(22)19-14)11-6-2-1-3-7-11/h4-5,8-9,11,14H,1-3,6-7,10H2,(H,18,21)(H,19,22). The Labute approximate surface area is 135 Å². The molecule has 118 valence electrons. The maximum Gasteiger partial charge on any atom is 0.318 e. The average molecular weight is 322 g/mol. The molecule has 1 unspecified atom stereocenters. The Bertz CT molecular complexity index is 572. The van der Waals surface area contributed by atoms with Crippen LogP contribution in [0, 0.1) is 0 Å². The smallest absolute Gasteiger partial charge is 0.318 e. The number of carbonyl (C=O) groups is 2. The highest BCUT2D eigenvalue weighted by molar-refractivity contribution is 6.33. The number of carbonyl (C=O) groups excluding carboxylic acids is 2. The molecule has 1 aromatic carbocycles. The van der Waals surface area contributed by atoms with Gasteiger partial charge in [0.25, 0.3) is 0 Å². The minimum atomic E-state index is -0.523. The summed E-state index contributed by atoms with van der Waals surface area (Å²) in [5.41, 5.74) is 0.569. The van der Waals surface area contributed by atoms with Gasteiger partial charge in [-0.25, -0.2) is 4.79 Å². The van der Waals surface area contributed by atoms with Gasteiger partial charge in [0, 0.05) is 6.04 Å². The summed E-state index contributed by atoms with van der Waals surface area (Å²) >= 11 is 6.04. The van der Waals surface area contributed by atoms with E-state index in [2.05, 4.69) is 10.6 Å². The first-order chi connectivity index (χ1) is 10.6. The van der Waals surface area contributed by atoms with Crippen LogP contribution in [0.4, 0.5) is 10.5 Å². The van der Waals surface area contributed by atoms with E-state index in [1.165, 1.54) is 6.42 Å². The number of nitrogens with zero attached hydrogens (tertiary/aromatic N) is 1. The first-order valence-corrected chi connectivity index (χ1v) is 8.15. The number of rotatable bonds is 3. The number of hydrogen-bond acceptors (Lipinski definition) is 2. The van der Waals surface area contributed by atoms with Gasteiger partial charge in [-0.1, -0.05) is 43.0 Å². The van der Waals surface area contributed by atoms with Crippen molar-refractivity contribution >= 4 is 29.2 Å². The number of nitrogens with one attached hydrogen (secondary N) is 2. The van der Waals surface area contributed by atoms with Crippen LogP contribution >= 0.6 is 11.6 Å². The molecular weight excluding hydrogens is 302 g/mol. The quantitative estimate of drug-likeness (QED) is 0.899. The molecule has 0 bridgehead atoms. The molecule has 0 aromatic heterocycles. The first-order valence-electron chi connectivity index (χ1n) is 7.77. The summed E-state index contributed by atoms with van der Waals surface area (Å²) in [5.74, 6) is -0.222. The minimum Gasteiger partial charge on any atom is -0.324 e. The van der Waals surface area contributed by atoms with Gasteiger partial charge in [-0.2, -0.15) is 0 Å². The molecule has 1 aromatic rings. The van der Waals surface area contributed by atoms with E-state index in [1.54, 1.807) is 18.2 Å². The molecule has 2 N–H and O–H groups in total. The van der Waals surface area contributed by atoms with Gasteiger partial charge in [0.1, 0.15) is 6.04 Å². The zero-order valence-corrected chi connectivity index (χ0v) is 13.1. The molecule has 1 aliphatic carbocycles. The Morgan fingerprint density at radius 2 is 1.95 bits per heavy atom. The third-order valence-electron chi connectivity index (χ3n) is 4.40. The highest BCUT2D eigenvalue weighted by atomic mass is 35.5. The predicted octanol–water partition coefficient (Wildman–Crippen LogP) is 3.01. The Morgan fingerprint density at radius 3 is 2.68 bits per heavy atom. The third-order valence-corrected chi connectivity index (χ3v) is 4.73. The average Bonchev–Trinajstić information content (AvgIpc) is 2.92. The number of halogens is 1.